The minimum absolute atomic E-state index is 0.140. The molecule has 1 unspecified atom stereocenters. The van der Waals surface area contributed by atoms with Crippen LogP contribution in [0.25, 0.3) is 0 Å². The summed E-state index contributed by atoms with van der Waals surface area (Å²) < 4.78 is 1.95. The Balaban J connectivity index is 1.63. The van der Waals surface area contributed by atoms with Crippen LogP contribution in [0.3, 0.4) is 0 Å². The van der Waals surface area contributed by atoms with E-state index in [1.165, 1.54) is 0 Å². The second-order valence-electron chi connectivity index (χ2n) is 5.61. The Morgan fingerprint density at radius 1 is 1.36 bits per heavy atom. The van der Waals surface area contributed by atoms with Crippen molar-refractivity contribution >= 4 is 5.91 Å². The van der Waals surface area contributed by atoms with Crippen molar-refractivity contribution in [1.82, 2.24) is 14.7 Å². The second-order valence-corrected chi connectivity index (χ2v) is 5.61. The van der Waals surface area contributed by atoms with Crippen molar-refractivity contribution < 1.29 is 4.79 Å². The molecule has 0 N–H and O–H groups in total. The van der Waals surface area contributed by atoms with Gasteiger partial charge in [-0.2, -0.15) is 10.4 Å². The number of benzene rings is 1. The summed E-state index contributed by atoms with van der Waals surface area (Å²) in [6.07, 6.45) is 6.18. The molecule has 1 aliphatic rings. The third kappa shape index (κ3) is 3.17. The summed E-state index contributed by atoms with van der Waals surface area (Å²) >= 11 is 0. The molecule has 2 heterocycles. The molecular formula is C17H18N4O. The lowest BCUT2D eigenvalue weighted by molar-refractivity contribution is -0.132. The molecule has 1 fully saturated rings. The van der Waals surface area contributed by atoms with Crippen LogP contribution in [0, 0.1) is 11.3 Å². The quantitative estimate of drug-likeness (QED) is 0.871. The summed E-state index contributed by atoms with van der Waals surface area (Å²) in [5.74, 6) is 0.140. The second kappa shape index (κ2) is 6.44. The van der Waals surface area contributed by atoms with E-state index < -0.39 is 0 Å². The molecule has 1 aromatic heterocycles. The topological polar surface area (TPSA) is 61.9 Å². The van der Waals surface area contributed by atoms with Gasteiger partial charge in [-0.05, 0) is 36.6 Å². The molecular weight excluding hydrogens is 276 g/mol. The standard InChI is InChI=1S/C17H18N4O/c18-12-15-6-4-14(5-7-15)11-17(22)20-9-1-3-16(13-20)21-10-2-8-19-21/h2,4-8,10,16H,1,3,9,11,13H2. The minimum atomic E-state index is 0.140. The van der Waals surface area contributed by atoms with Crippen molar-refractivity contribution in [2.24, 2.45) is 0 Å². The molecule has 5 heteroatoms. The zero-order valence-electron chi connectivity index (χ0n) is 12.4. The lowest BCUT2D eigenvalue weighted by atomic mass is 10.0. The highest BCUT2D eigenvalue weighted by molar-refractivity contribution is 5.79. The largest absolute Gasteiger partial charge is 0.340 e. The predicted molar refractivity (Wildman–Crippen MR) is 81.9 cm³/mol. The first kappa shape index (κ1) is 14.3. The highest BCUT2D eigenvalue weighted by atomic mass is 16.2. The third-order valence-corrected chi connectivity index (χ3v) is 4.09. The molecule has 3 rings (SSSR count). The van der Waals surface area contributed by atoms with E-state index in [4.69, 9.17) is 5.26 Å². The number of piperidine rings is 1. The van der Waals surface area contributed by atoms with E-state index in [1.54, 1.807) is 18.3 Å². The summed E-state index contributed by atoms with van der Waals surface area (Å²) in [6, 6.07) is 11.5. The van der Waals surface area contributed by atoms with Gasteiger partial charge < -0.3 is 4.90 Å². The molecule has 2 aromatic rings. The number of carbonyl (C=O) groups excluding carboxylic acids is 1. The van der Waals surface area contributed by atoms with E-state index >= 15 is 0 Å². The average Bonchev–Trinajstić information content (AvgIpc) is 3.10. The van der Waals surface area contributed by atoms with Gasteiger partial charge >= 0.3 is 0 Å². The molecule has 5 nitrogen and oxygen atoms in total. The third-order valence-electron chi connectivity index (χ3n) is 4.09. The Morgan fingerprint density at radius 2 is 2.18 bits per heavy atom. The van der Waals surface area contributed by atoms with Crippen molar-refractivity contribution in [2.45, 2.75) is 25.3 Å². The smallest absolute Gasteiger partial charge is 0.227 e. The fourth-order valence-electron chi connectivity index (χ4n) is 2.88. The van der Waals surface area contributed by atoms with Crippen LogP contribution in [-0.2, 0) is 11.2 Å². The number of hydrogen-bond donors (Lipinski definition) is 0. The maximum absolute atomic E-state index is 12.5. The number of nitriles is 1. The average molecular weight is 294 g/mol. The first-order chi connectivity index (χ1) is 10.8. The Hall–Kier alpha value is -2.61. The van der Waals surface area contributed by atoms with Gasteiger partial charge in [0.15, 0.2) is 0 Å². The van der Waals surface area contributed by atoms with Gasteiger partial charge in [-0.3, -0.25) is 9.48 Å². The van der Waals surface area contributed by atoms with E-state index in [1.807, 2.05) is 34.0 Å². The van der Waals surface area contributed by atoms with Crippen LogP contribution in [0.1, 0.15) is 30.0 Å². The highest BCUT2D eigenvalue weighted by Crippen LogP contribution is 2.21. The highest BCUT2D eigenvalue weighted by Gasteiger charge is 2.24. The fourth-order valence-corrected chi connectivity index (χ4v) is 2.88. The van der Waals surface area contributed by atoms with Crippen molar-refractivity contribution in [2.75, 3.05) is 13.1 Å². The minimum Gasteiger partial charge on any atom is -0.340 e. The normalized spacial score (nSPS) is 18.0. The molecule has 0 bridgehead atoms. The Labute approximate surface area is 129 Å². The van der Waals surface area contributed by atoms with E-state index in [9.17, 15) is 4.79 Å². The fraction of sp³-hybridized carbons (Fsp3) is 0.353. The first-order valence-electron chi connectivity index (χ1n) is 7.52. The zero-order valence-corrected chi connectivity index (χ0v) is 12.4. The number of hydrogen-bond acceptors (Lipinski definition) is 3. The van der Waals surface area contributed by atoms with Gasteiger partial charge in [-0.25, -0.2) is 0 Å². The monoisotopic (exact) mass is 294 g/mol. The predicted octanol–water partition coefficient (Wildman–Crippen LogP) is 2.16. The molecule has 1 aliphatic heterocycles. The van der Waals surface area contributed by atoms with E-state index in [0.29, 0.717) is 12.0 Å². The number of likely N-dealkylation sites (tertiary alicyclic amines) is 1. The van der Waals surface area contributed by atoms with Crippen molar-refractivity contribution in [3.63, 3.8) is 0 Å². The Kier molecular flexibility index (Phi) is 4.19. The maximum atomic E-state index is 12.5. The van der Waals surface area contributed by atoms with Gasteiger partial charge in [0.05, 0.1) is 24.1 Å². The van der Waals surface area contributed by atoms with Crippen LogP contribution in [0.15, 0.2) is 42.7 Å². The first-order valence-corrected chi connectivity index (χ1v) is 7.52. The van der Waals surface area contributed by atoms with Crippen LogP contribution >= 0.6 is 0 Å². The van der Waals surface area contributed by atoms with Crippen molar-refractivity contribution in [3.05, 3.63) is 53.9 Å². The molecule has 0 radical (unpaired) electrons. The number of carbonyl (C=O) groups is 1. The zero-order chi connectivity index (χ0) is 15.4. The molecule has 0 saturated carbocycles. The van der Waals surface area contributed by atoms with Crippen molar-refractivity contribution in [1.29, 1.82) is 5.26 Å². The lowest BCUT2D eigenvalue weighted by Gasteiger charge is -2.33. The molecule has 1 atom stereocenters. The lowest BCUT2D eigenvalue weighted by Crippen LogP contribution is -2.41. The number of rotatable bonds is 3. The SMILES string of the molecule is N#Cc1ccc(CC(=O)N2CCCC(n3cccn3)C2)cc1. The summed E-state index contributed by atoms with van der Waals surface area (Å²) in [6.45, 7) is 1.53. The molecule has 0 aliphatic carbocycles. The molecule has 0 spiro atoms. The number of aromatic nitrogens is 2. The summed E-state index contributed by atoms with van der Waals surface area (Å²) in [7, 11) is 0. The molecule has 1 amide bonds. The van der Waals surface area contributed by atoms with Crippen LogP contribution in [0.5, 0.6) is 0 Å². The Bertz CT molecular complexity index is 670. The van der Waals surface area contributed by atoms with E-state index in [-0.39, 0.29) is 11.9 Å². The molecule has 1 aromatic carbocycles. The van der Waals surface area contributed by atoms with Crippen molar-refractivity contribution in [3.8, 4) is 6.07 Å². The van der Waals surface area contributed by atoms with Gasteiger partial charge in [-0.1, -0.05) is 12.1 Å². The van der Waals surface area contributed by atoms with E-state index in [2.05, 4.69) is 11.2 Å². The maximum Gasteiger partial charge on any atom is 0.227 e. The van der Waals surface area contributed by atoms with Crippen LogP contribution in [0.4, 0.5) is 0 Å². The van der Waals surface area contributed by atoms with E-state index in [0.717, 1.165) is 31.5 Å². The van der Waals surface area contributed by atoms with Crippen LogP contribution in [0.2, 0.25) is 0 Å². The summed E-state index contributed by atoms with van der Waals surface area (Å²) in [4.78, 5) is 14.4. The van der Waals surface area contributed by atoms with Crippen LogP contribution < -0.4 is 0 Å². The molecule has 22 heavy (non-hydrogen) atoms. The molecule has 1 saturated heterocycles. The number of amides is 1. The number of nitrogens with zero attached hydrogens (tertiary/aromatic N) is 4. The Morgan fingerprint density at radius 3 is 2.86 bits per heavy atom. The van der Waals surface area contributed by atoms with Gasteiger partial charge in [0.25, 0.3) is 0 Å². The van der Waals surface area contributed by atoms with Crippen LogP contribution in [-0.4, -0.2) is 33.7 Å². The summed E-state index contributed by atoms with van der Waals surface area (Å²) in [5.41, 5.74) is 1.57. The van der Waals surface area contributed by atoms with Gasteiger partial charge in [-0.15, -0.1) is 0 Å². The van der Waals surface area contributed by atoms with Gasteiger partial charge in [0.2, 0.25) is 5.91 Å². The van der Waals surface area contributed by atoms with Gasteiger partial charge in [0.1, 0.15) is 0 Å². The molecule has 112 valence electrons. The van der Waals surface area contributed by atoms with Gasteiger partial charge in [0, 0.05) is 25.5 Å². The summed E-state index contributed by atoms with van der Waals surface area (Å²) in [5, 5.41) is 13.1.